The van der Waals surface area contributed by atoms with Gasteiger partial charge in [-0.2, -0.15) is 11.6 Å². The van der Waals surface area contributed by atoms with E-state index >= 15 is 0 Å². The third kappa shape index (κ3) is 11.0. The van der Waals surface area contributed by atoms with E-state index in [0.717, 1.165) is 0 Å². The van der Waals surface area contributed by atoms with Crippen LogP contribution in [0.15, 0.2) is 84.5 Å². The first-order valence-electron chi connectivity index (χ1n) is 17.7. The molecule has 1 atom stereocenters. The number of aryl methyl sites for hydroxylation is 6. The van der Waals surface area contributed by atoms with E-state index in [1.165, 1.54) is 105 Å². The number of unbranched alkanes of at least 4 members (excludes halogenated alkanes) is 1. The van der Waals surface area contributed by atoms with Gasteiger partial charge in [0.1, 0.15) is 0 Å². The molecule has 0 radical (unpaired) electrons. The van der Waals surface area contributed by atoms with Crippen molar-refractivity contribution in [1.82, 2.24) is 0 Å². The molecule has 3 heteroatoms. The largest absolute Gasteiger partial charge is 1.00 e. The Morgan fingerprint density at radius 1 is 0.700 bits per heavy atom. The Balaban J connectivity index is 0.000000384. The number of benzene rings is 4. The number of halogens is 2. The number of rotatable bonds is 5. The van der Waals surface area contributed by atoms with Crippen molar-refractivity contribution >= 4 is 24.8 Å². The maximum Gasteiger partial charge on any atom is -0.0200 e. The molecule has 0 amide bonds. The Morgan fingerprint density at radius 2 is 1.10 bits per heavy atom. The van der Waals surface area contributed by atoms with Crippen molar-refractivity contribution in [2.45, 2.75) is 102 Å². The molecule has 0 aliphatic heterocycles. The average molecular weight is 783 g/mol. The van der Waals surface area contributed by atoms with Crippen LogP contribution < -0.4 is 24.8 Å². The zero-order chi connectivity index (χ0) is 35.3. The predicted octanol–water partition coefficient (Wildman–Crippen LogP) is 7.79. The standard InChI is InChI=1S/C31H29.C13H21.C3H6.2ClH.Zr/c1-18-11-20(3)30(21(4)12-18)24-7-9-28-26(15-24)17-27-16-25(8-10-29(27)28)31-22(5)13-19(2)14-23(31)6;1-5-6-7-11-8-9-12(10-11)13(2,3)4;1-3-2;;;/h7-17H,1-6H3;9-11H,5-7H2,1-4H3;1-2H3;2*1H;/q2*-1;;;;+2/p-2. The summed E-state index contributed by atoms with van der Waals surface area (Å²) in [6.07, 6.45) is 11.9. The van der Waals surface area contributed by atoms with Gasteiger partial charge in [0.2, 0.25) is 0 Å². The minimum atomic E-state index is 0. The minimum absolute atomic E-state index is 0. The van der Waals surface area contributed by atoms with E-state index in [2.05, 4.69) is 168 Å². The van der Waals surface area contributed by atoms with Crippen molar-refractivity contribution in [3.8, 4) is 22.3 Å². The van der Waals surface area contributed by atoms with E-state index in [-0.39, 0.29) is 24.8 Å². The maximum atomic E-state index is 3.43. The van der Waals surface area contributed by atoms with Crippen LogP contribution in [-0.4, -0.2) is 3.21 Å². The second-order valence-electron chi connectivity index (χ2n) is 15.2. The molecule has 0 saturated heterocycles. The summed E-state index contributed by atoms with van der Waals surface area (Å²) < 4.78 is 1.51. The van der Waals surface area contributed by atoms with Crippen LogP contribution in [0.5, 0.6) is 0 Å². The minimum Gasteiger partial charge on any atom is -1.00 e. The van der Waals surface area contributed by atoms with E-state index in [4.69, 9.17) is 0 Å². The molecule has 0 spiro atoms. The number of allylic oxidation sites excluding steroid dienone is 4. The Morgan fingerprint density at radius 3 is 1.44 bits per heavy atom. The predicted molar refractivity (Wildman–Crippen MR) is 211 cm³/mol. The first kappa shape index (κ1) is 43.7. The molecule has 0 N–H and O–H groups in total. The van der Waals surface area contributed by atoms with Crippen LogP contribution in [0, 0.1) is 59.0 Å². The van der Waals surface area contributed by atoms with Gasteiger partial charge in [0, 0.05) is 0 Å². The monoisotopic (exact) mass is 780 g/mol. The average Bonchev–Trinajstić information content (AvgIpc) is 3.59. The second-order valence-corrected chi connectivity index (χ2v) is 17.7. The van der Waals surface area contributed by atoms with Crippen LogP contribution in [0.25, 0.3) is 43.8 Å². The number of fused-ring (bicyclic) bond motifs is 3. The molecule has 0 fully saturated rings. The second kappa shape index (κ2) is 18.9. The van der Waals surface area contributed by atoms with Crippen LogP contribution in [0.2, 0.25) is 0 Å². The van der Waals surface area contributed by atoms with E-state index in [1.807, 2.05) is 0 Å². The van der Waals surface area contributed by atoms with Crippen LogP contribution >= 0.6 is 0 Å². The Bertz CT molecular complexity index is 1830. The molecule has 0 bridgehead atoms. The van der Waals surface area contributed by atoms with Gasteiger partial charge in [-0.1, -0.05) is 129 Å². The molecular formula is C47H56Cl2Zr-2. The molecule has 264 valence electrons. The molecule has 0 heterocycles. The van der Waals surface area contributed by atoms with Gasteiger partial charge in [0.05, 0.1) is 0 Å². The zero-order valence-electron chi connectivity index (χ0n) is 32.5. The van der Waals surface area contributed by atoms with Crippen LogP contribution in [0.3, 0.4) is 0 Å². The Hall–Kier alpha value is -2.44. The first-order chi connectivity index (χ1) is 22.6. The van der Waals surface area contributed by atoms with Crippen molar-refractivity contribution in [1.29, 1.82) is 0 Å². The molecule has 50 heavy (non-hydrogen) atoms. The summed E-state index contributed by atoms with van der Waals surface area (Å²) in [5, 5.41) is 5.32. The summed E-state index contributed by atoms with van der Waals surface area (Å²) in [5.41, 5.74) is 15.1. The quantitative estimate of drug-likeness (QED) is 0.160. The van der Waals surface area contributed by atoms with E-state index < -0.39 is 0 Å². The summed E-state index contributed by atoms with van der Waals surface area (Å²) in [4.78, 5) is 0. The molecule has 1 aliphatic carbocycles. The molecule has 1 unspecified atom stereocenters. The number of hydrogen-bond acceptors (Lipinski definition) is 0. The van der Waals surface area contributed by atoms with Crippen molar-refractivity contribution in [2.24, 2.45) is 11.3 Å². The Labute approximate surface area is 331 Å². The van der Waals surface area contributed by atoms with Gasteiger partial charge in [-0.15, -0.1) is 39.7 Å². The topological polar surface area (TPSA) is 0 Å². The molecule has 6 rings (SSSR count). The van der Waals surface area contributed by atoms with Gasteiger partial charge in [0.25, 0.3) is 0 Å². The van der Waals surface area contributed by atoms with Gasteiger partial charge >= 0.3 is 41.3 Å². The molecule has 5 aromatic carbocycles. The fourth-order valence-corrected chi connectivity index (χ4v) is 7.17. The van der Waals surface area contributed by atoms with Crippen molar-refractivity contribution in [3.05, 3.63) is 124 Å². The molecule has 5 aromatic rings. The van der Waals surface area contributed by atoms with Gasteiger partial charge < -0.3 is 24.8 Å². The third-order valence-electron chi connectivity index (χ3n) is 9.20. The van der Waals surface area contributed by atoms with Gasteiger partial charge in [0.15, 0.2) is 0 Å². The van der Waals surface area contributed by atoms with Crippen LogP contribution in [0.1, 0.15) is 94.2 Å². The van der Waals surface area contributed by atoms with Crippen LogP contribution in [0.4, 0.5) is 0 Å². The summed E-state index contributed by atoms with van der Waals surface area (Å²) in [6.45, 7) is 26.5. The first-order valence-corrected chi connectivity index (χ1v) is 18.9. The number of hydrogen-bond donors (Lipinski definition) is 0. The van der Waals surface area contributed by atoms with Crippen molar-refractivity contribution in [2.75, 3.05) is 0 Å². The van der Waals surface area contributed by atoms with Crippen molar-refractivity contribution < 1.29 is 49.0 Å². The summed E-state index contributed by atoms with van der Waals surface area (Å²) in [7, 11) is 0. The SMILES string of the molecule is CCCCC1[C-]=CC(C(C)(C)C)=C1.C[C](C)=[Zr+2].Cc1cc(C)c(-c2ccc3c(c2)[cH-]c2cc(-c4c(C)cc(C)cc4C)ccc23)c(C)c1.[Cl-].[Cl-]. The Kier molecular flexibility index (Phi) is 16.5. The molecule has 0 aromatic heterocycles. The molecule has 0 nitrogen and oxygen atoms in total. The van der Waals surface area contributed by atoms with Crippen molar-refractivity contribution in [3.63, 3.8) is 0 Å². The fraction of sp³-hybridized carbons (Fsp3) is 0.362. The zero-order valence-corrected chi connectivity index (χ0v) is 36.4. The summed E-state index contributed by atoms with van der Waals surface area (Å²) >= 11 is 1.55. The van der Waals surface area contributed by atoms with Gasteiger partial charge in [-0.25, -0.2) is 6.08 Å². The summed E-state index contributed by atoms with van der Waals surface area (Å²) in [5.74, 6) is 0.592. The van der Waals surface area contributed by atoms with E-state index in [9.17, 15) is 0 Å². The maximum absolute atomic E-state index is 3.43. The third-order valence-corrected chi connectivity index (χ3v) is 9.20. The smallest absolute Gasteiger partial charge is 0.0200 e. The van der Waals surface area contributed by atoms with E-state index in [0.29, 0.717) is 11.3 Å². The van der Waals surface area contributed by atoms with E-state index in [1.54, 1.807) is 24.2 Å². The molecule has 0 saturated carbocycles. The van der Waals surface area contributed by atoms with Gasteiger partial charge in [-0.3, -0.25) is 6.08 Å². The summed E-state index contributed by atoms with van der Waals surface area (Å²) in [6, 6.07) is 25.4. The fourth-order valence-electron chi connectivity index (χ4n) is 7.17. The van der Waals surface area contributed by atoms with Crippen LogP contribution in [-0.2, 0) is 24.2 Å². The molecule has 1 aliphatic rings. The molecular weight excluding hydrogens is 727 g/mol. The normalized spacial score (nSPS) is 13.5. The van der Waals surface area contributed by atoms with Gasteiger partial charge in [-0.05, 0) is 74.9 Å².